The van der Waals surface area contributed by atoms with E-state index in [1.165, 1.54) is 0 Å². The van der Waals surface area contributed by atoms with Crippen molar-refractivity contribution >= 4 is 56.6 Å². The summed E-state index contributed by atoms with van der Waals surface area (Å²) in [6.07, 6.45) is 0.162. The van der Waals surface area contributed by atoms with E-state index in [9.17, 15) is 19.2 Å². The number of aryl methyl sites for hydroxylation is 1. The van der Waals surface area contributed by atoms with E-state index in [0.29, 0.717) is 6.42 Å². The van der Waals surface area contributed by atoms with Crippen LogP contribution in [0.4, 0.5) is 0 Å². The first-order valence-corrected chi connectivity index (χ1v) is 13.5. The minimum atomic E-state index is -1.09. The smallest absolute Gasteiger partial charge is 0.303 e. The molecule has 2 aromatic heterocycles. The summed E-state index contributed by atoms with van der Waals surface area (Å²) >= 11 is 3.35. The molecule has 196 valence electrons. The molecule has 0 saturated heterocycles. The van der Waals surface area contributed by atoms with Gasteiger partial charge in [-0.15, -0.1) is 22.7 Å². The first kappa shape index (κ1) is 27.0. The summed E-state index contributed by atoms with van der Waals surface area (Å²) in [5, 5.41) is 14.8. The van der Waals surface area contributed by atoms with Crippen molar-refractivity contribution in [3.8, 4) is 20.3 Å². The maximum Gasteiger partial charge on any atom is 0.303 e. The van der Waals surface area contributed by atoms with Crippen LogP contribution in [0.5, 0.6) is 0 Å². The maximum absolute atomic E-state index is 12.5. The molecule has 1 unspecified atom stereocenters. The molecule has 2 aromatic carbocycles. The minimum absolute atomic E-state index is 0.0970. The molecule has 2 heterocycles. The molecule has 4 rings (SSSR count). The van der Waals surface area contributed by atoms with E-state index in [1.807, 2.05) is 42.5 Å². The fourth-order valence-electron chi connectivity index (χ4n) is 3.78. The van der Waals surface area contributed by atoms with Crippen molar-refractivity contribution in [2.24, 2.45) is 5.73 Å². The topological polar surface area (TPSA) is 151 Å². The normalized spacial score (nSPS) is 11.7. The Balaban J connectivity index is 1.33. The van der Waals surface area contributed by atoms with Crippen molar-refractivity contribution in [3.05, 3.63) is 66.2 Å². The highest BCUT2D eigenvalue weighted by atomic mass is 32.1. The van der Waals surface area contributed by atoms with Crippen molar-refractivity contribution in [2.45, 2.75) is 31.7 Å². The predicted octanol–water partition coefficient (Wildman–Crippen LogP) is 3.58. The van der Waals surface area contributed by atoms with Crippen molar-refractivity contribution in [3.63, 3.8) is 0 Å². The Labute approximate surface area is 226 Å². The Kier molecular flexibility index (Phi) is 8.82. The van der Waals surface area contributed by atoms with Crippen LogP contribution in [0.3, 0.4) is 0 Å². The van der Waals surface area contributed by atoms with Crippen LogP contribution >= 0.6 is 22.7 Å². The fraction of sp³-hybridized carbons (Fsp3) is 0.222. The summed E-state index contributed by atoms with van der Waals surface area (Å²) in [4.78, 5) is 53.5. The summed E-state index contributed by atoms with van der Waals surface area (Å²) < 4.78 is 1.16. The molecule has 0 aliphatic rings. The molecule has 4 aromatic rings. The molecule has 0 spiro atoms. The number of aromatic nitrogens is 1. The predicted molar refractivity (Wildman–Crippen MR) is 148 cm³/mol. The largest absolute Gasteiger partial charge is 0.481 e. The molecule has 0 aliphatic carbocycles. The van der Waals surface area contributed by atoms with Gasteiger partial charge in [-0.25, -0.2) is 4.98 Å². The zero-order chi connectivity index (χ0) is 27.1. The van der Waals surface area contributed by atoms with Crippen LogP contribution in [0.25, 0.3) is 30.5 Å². The standard InChI is InChI=1S/C27H26N4O5S2/c28-23(32)15-29-26(36)19(10-14-25(34)35)30-24(33)13-7-16-5-8-17(9-6-16)20-11-12-22(37-20)27-31-18-3-1-2-4-21(18)38-27/h1-6,8-9,11-12,19H,7,10,13-15H2,(H2,28,32)(H,29,36)(H,30,33)(H,34,35). The number of fused-ring (bicyclic) bond motifs is 1. The molecule has 5 N–H and O–H groups in total. The number of carbonyl (C=O) groups excluding carboxylic acids is 3. The van der Waals surface area contributed by atoms with Crippen molar-refractivity contribution in [2.75, 3.05) is 6.54 Å². The van der Waals surface area contributed by atoms with Gasteiger partial charge in [0.25, 0.3) is 0 Å². The lowest BCUT2D eigenvalue weighted by atomic mass is 10.1. The second-order valence-corrected chi connectivity index (χ2v) is 10.7. The van der Waals surface area contributed by atoms with Crippen LogP contribution in [-0.4, -0.2) is 46.4 Å². The van der Waals surface area contributed by atoms with Crippen LogP contribution in [0.2, 0.25) is 0 Å². The molecule has 0 aliphatic heterocycles. The quantitative estimate of drug-likeness (QED) is 0.212. The molecule has 0 bridgehead atoms. The third-order valence-electron chi connectivity index (χ3n) is 5.73. The number of thiophene rings is 1. The number of rotatable bonds is 12. The van der Waals surface area contributed by atoms with Gasteiger partial charge in [-0.05, 0) is 48.2 Å². The monoisotopic (exact) mass is 550 g/mol. The number of hydrogen-bond donors (Lipinski definition) is 4. The number of nitrogens with zero attached hydrogens (tertiary/aromatic N) is 1. The number of thiazole rings is 1. The highest BCUT2D eigenvalue weighted by Crippen LogP contribution is 2.38. The van der Waals surface area contributed by atoms with Crippen LogP contribution in [0, 0.1) is 0 Å². The van der Waals surface area contributed by atoms with E-state index in [2.05, 4.69) is 28.8 Å². The summed E-state index contributed by atoms with van der Waals surface area (Å²) in [6.45, 7) is -0.392. The molecule has 0 radical (unpaired) electrons. The van der Waals surface area contributed by atoms with E-state index >= 15 is 0 Å². The molecule has 1 atom stereocenters. The number of hydrogen-bond acceptors (Lipinski definition) is 7. The second-order valence-electron chi connectivity index (χ2n) is 8.58. The van der Waals surface area contributed by atoms with E-state index in [-0.39, 0.29) is 19.3 Å². The lowest BCUT2D eigenvalue weighted by Crippen LogP contribution is -2.48. The van der Waals surface area contributed by atoms with Gasteiger partial charge in [0.2, 0.25) is 17.7 Å². The van der Waals surface area contributed by atoms with Crippen molar-refractivity contribution < 1.29 is 24.3 Å². The highest BCUT2D eigenvalue weighted by molar-refractivity contribution is 7.26. The first-order chi connectivity index (χ1) is 18.3. The number of primary amides is 1. The number of aliphatic carboxylic acids is 1. The van der Waals surface area contributed by atoms with Gasteiger partial charge in [0, 0.05) is 17.7 Å². The molecule has 3 amide bonds. The zero-order valence-electron chi connectivity index (χ0n) is 20.3. The van der Waals surface area contributed by atoms with E-state index in [0.717, 1.165) is 36.1 Å². The van der Waals surface area contributed by atoms with Crippen molar-refractivity contribution in [1.82, 2.24) is 15.6 Å². The van der Waals surface area contributed by atoms with Gasteiger partial charge in [0.05, 0.1) is 21.6 Å². The summed E-state index contributed by atoms with van der Waals surface area (Å²) in [5.74, 6) is -2.87. The number of para-hydroxylation sites is 1. The Hall–Kier alpha value is -4.09. The third kappa shape index (κ3) is 7.24. The van der Waals surface area contributed by atoms with Crippen LogP contribution < -0.4 is 16.4 Å². The van der Waals surface area contributed by atoms with Crippen LogP contribution in [-0.2, 0) is 25.6 Å². The summed E-state index contributed by atoms with van der Waals surface area (Å²) in [5.41, 5.74) is 8.04. The Bertz CT molecular complexity index is 1430. The van der Waals surface area contributed by atoms with Gasteiger partial charge >= 0.3 is 5.97 Å². The average Bonchev–Trinajstić information content (AvgIpc) is 3.56. The number of nitrogens with one attached hydrogen (secondary N) is 2. The van der Waals surface area contributed by atoms with E-state index in [4.69, 9.17) is 15.8 Å². The highest BCUT2D eigenvalue weighted by Gasteiger charge is 2.22. The van der Waals surface area contributed by atoms with Crippen molar-refractivity contribution in [1.29, 1.82) is 0 Å². The SMILES string of the molecule is NC(=O)CNC(=O)C(CCC(=O)O)NC(=O)CCc1ccc(-c2ccc(-c3nc4ccccc4s3)s2)cc1. The van der Waals surface area contributed by atoms with Crippen LogP contribution in [0.15, 0.2) is 60.7 Å². The van der Waals surface area contributed by atoms with Gasteiger partial charge in [-0.1, -0.05) is 36.4 Å². The molecule has 11 heteroatoms. The number of amides is 3. The molecule has 0 saturated carbocycles. The summed E-state index contributed by atoms with van der Waals surface area (Å²) in [7, 11) is 0. The van der Waals surface area contributed by atoms with Gasteiger partial charge < -0.3 is 21.5 Å². The van der Waals surface area contributed by atoms with Gasteiger partial charge in [0.1, 0.15) is 11.0 Å². The molecular weight excluding hydrogens is 524 g/mol. The second kappa shape index (κ2) is 12.4. The molecule has 0 fully saturated rings. The number of nitrogens with two attached hydrogens (primary N) is 1. The molecule has 9 nitrogen and oxygen atoms in total. The first-order valence-electron chi connectivity index (χ1n) is 11.9. The Morgan fingerprint density at radius 1 is 0.921 bits per heavy atom. The van der Waals surface area contributed by atoms with E-state index < -0.39 is 36.3 Å². The molecular formula is C27H26N4O5S2. The summed E-state index contributed by atoms with van der Waals surface area (Å²) in [6, 6.07) is 19.1. The minimum Gasteiger partial charge on any atom is -0.481 e. The Morgan fingerprint density at radius 2 is 1.66 bits per heavy atom. The lowest BCUT2D eigenvalue weighted by Gasteiger charge is -2.17. The number of carboxylic acids is 1. The van der Waals surface area contributed by atoms with Gasteiger partial charge in [0.15, 0.2) is 0 Å². The lowest BCUT2D eigenvalue weighted by molar-refractivity contribution is -0.138. The number of carbonyl (C=O) groups is 4. The fourth-order valence-corrected chi connectivity index (χ4v) is 5.81. The van der Waals surface area contributed by atoms with Crippen LogP contribution in [0.1, 0.15) is 24.8 Å². The van der Waals surface area contributed by atoms with E-state index in [1.54, 1.807) is 22.7 Å². The van der Waals surface area contributed by atoms with Gasteiger partial charge in [-0.2, -0.15) is 0 Å². The maximum atomic E-state index is 12.5. The number of benzene rings is 2. The molecule has 38 heavy (non-hydrogen) atoms. The third-order valence-corrected chi connectivity index (χ3v) is 8.07. The van der Waals surface area contributed by atoms with Gasteiger partial charge in [-0.3, -0.25) is 19.2 Å². The zero-order valence-corrected chi connectivity index (χ0v) is 21.9. The average molecular weight is 551 g/mol. The number of carboxylic acid groups (broad SMARTS) is 1. The Morgan fingerprint density at radius 3 is 2.37 bits per heavy atom.